The van der Waals surface area contributed by atoms with Crippen molar-refractivity contribution in [1.82, 2.24) is 0 Å². The largest absolute Gasteiger partial charge is 0.467 e. The van der Waals surface area contributed by atoms with Crippen LogP contribution >= 0.6 is 0 Å². The molecule has 0 unspecified atom stereocenters. The van der Waals surface area contributed by atoms with Crippen LogP contribution in [0.5, 0.6) is 0 Å². The molecule has 0 spiro atoms. The van der Waals surface area contributed by atoms with Crippen molar-refractivity contribution < 1.29 is 66.7 Å². The number of methoxy groups -OCH3 is 1. The van der Waals surface area contributed by atoms with E-state index in [1.54, 1.807) is 0 Å². The average Bonchev–Trinajstić information content (AvgIpc) is 3.41. The first-order chi connectivity index (χ1) is 24.5. The van der Waals surface area contributed by atoms with E-state index in [9.17, 15) is 28.8 Å². The lowest BCUT2D eigenvalue weighted by molar-refractivity contribution is -0.318. The molecule has 4 saturated carbocycles. The molecular formula is C38H56O14. The Labute approximate surface area is 305 Å². The molecular weight excluding hydrogens is 680 g/mol. The van der Waals surface area contributed by atoms with E-state index in [1.165, 1.54) is 13.8 Å². The molecule has 5 fully saturated rings. The quantitative estimate of drug-likeness (QED) is 0.230. The van der Waals surface area contributed by atoms with Gasteiger partial charge in [0.05, 0.1) is 13.2 Å². The fourth-order valence-corrected chi connectivity index (χ4v) is 11.0. The van der Waals surface area contributed by atoms with E-state index in [0.717, 1.165) is 85.7 Å². The highest BCUT2D eigenvalue weighted by atomic mass is 16.7. The summed E-state index contributed by atoms with van der Waals surface area (Å²) in [4.78, 5) is 73.9. The van der Waals surface area contributed by atoms with Gasteiger partial charge in [-0.25, -0.2) is 4.79 Å². The van der Waals surface area contributed by atoms with E-state index in [2.05, 4.69) is 13.8 Å². The van der Waals surface area contributed by atoms with E-state index in [0.29, 0.717) is 23.7 Å². The molecule has 14 nitrogen and oxygen atoms in total. The molecule has 0 aromatic carbocycles. The molecule has 52 heavy (non-hydrogen) atoms. The average molecular weight is 737 g/mol. The number of esters is 6. The third-order valence-electron chi connectivity index (χ3n) is 13.1. The van der Waals surface area contributed by atoms with Gasteiger partial charge in [-0.05, 0) is 98.2 Å². The Morgan fingerprint density at radius 3 is 1.88 bits per heavy atom. The zero-order chi connectivity index (χ0) is 38.1. The highest BCUT2D eigenvalue weighted by Gasteiger charge is 2.63. The van der Waals surface area contributed by atoms with Gasteiger partial charge in [-0.2, -0.15) is 0 Å². The van der Waals surface area contributed by atoms with Crippen molar-refractivity contribution in [1.29, 1.82) is 0 Å². The van der Waals surface area contributed by atoms with Gasteiger partial charge in [0, 0.05) is 34.6 Å². The molecule has 0 aromatic rings. The Balaban J connectivity index is 1.43. The predicted octanol–water partition coefficient (Wildman–Crippen LogP) is 4.22. The first-order valence-electron chi connectivity index (χ1n) is 18.7. The van der Waals surface area contributed by atoms with Gasteiger partial charge < -0.3 is 37.9 Å². The Kier molecular flexibility index (Phi) is 12.3. The topological polar surface area (TPSA) is 176 Å². The maximum absolute atomic E-state index is 13.1. The Morgan fingerprint density at radius 2 is 1.27 bits per heavy atom. The molecule has 0 amide bonds. The van der Waals surface area contributed by atoms with Crippen LogP contribution in [0.3, 0.4) is 0 Å². The molecule has 0 bridgehead atoms. The second-order valence-electron chi connectivity index (χ2n) is 16.0. The van der Waals surface area contributed by atoms with Crippen molar-refractivity contribution in [2.24, 2.45) is 40.4 Å². The van der Waals surface area contributed by atoms with Gasteiger partial charge in [-0.3, -0.25) is 24.0 Å². The SMILES string of the molecule is COC(=O)[C@H]1O[C@@H](O[C@H](COC(C)=O)[C@H]2CC[C@H]3[C@@H]4CC[C@H]5C[C@@H](OC(C)=O)CC[C@]5(C)[C@H]4CC[C@]23C)[C@H](OC(C)=O)[C@@H](OC(C)=O)[C@@H]1OC(C)=O. The summed E-state index contributed by atoms with van der Waals surface area (Å²) >= 11 is 0. The minimum absolute atomic E-state index is 0.0163. The maximum atomic E-state index is 13.1. The number of carbonyl (C=O) groups is 6. The molecule has 14 heteroatoms. The highest BCUT2D eigenvalue weighted by Crippen LogP contribution is 2.68. The first-order valence-corrected chi connectivity index (χ1v) is 18.7. The Bertz CT molecular complexity index is 1380. The second kappa shape index (κ2) is 16.0. The van der Waals surface area contributed by atoms with Crippen molar-refractivity contribution in [3.8, 4) is 0 Å². The Hall–Kier alpha value is -3.26. The Morgan fingerprint density at radius 1 is 0.673 bits per heavy atom. The lowest BCUT2D eigenvalue weighted by Gasteiger charge is -2.61. The van der Waals surface area contributed by atoms with E-state index in [4.69, 9.17) is 37.9 Å². The summed E-state index contributed by atoms with van der Waals surface area (Å²) in [6.45, 7) is 10.8. The van der Waals surface area contributed by atoms with Crippen LogP contribution in [-0.2, 0) is 66.7 Å². The molecule has 1 aliphatic heterocycles. The van der Waals surface area contributed by atoms with Crippen molar-refractivity contribution >= 4 is 35.8 Å². The zero-order valence-electron chi connectivity index (χ0n) is 31.7. The summed E-state index contributed by atoms with van der Waals surface area (Å²) < 4.78 is 45.6. The standard InChI is InChI=1S/C38H56O14/c1-19(39)46-18-30(51-36-34(50-23(5)43)32(49-22(4)42)31(48-21(3)41)33(52-36)35(44)45-8)29-12-11-27-26-10-9-24-17-25(47-20(2)40)13-15-37(24,6)28(26)14-16-38(27,29)7/h24-34,36H,9-18H2,1-8H3/t24-,25-,26-,27-,28-,29+,30+,31-,32-,33-,34+,36+,37-,38-/m0/s1. The molecule has 14 atom stereocenters. The van der Waals surface area contributed by atoms with Crippen molar-refractivity contribution in [2.75, 3.05) is 13.7 Å². The minimum atomic E-state index is -1.60. The van der Waals surface area contributed by atoms with Crippen molar-refractivity contribution in [3.05, 3.63) is 0 Å². The van der Waals surface area contributed by atoms with Gasteiger partial charge in [-0.1, -0.05) is 13.8 Å². The number of rotatable bonds is 10. The summed E-state index contributed by atoms with van der Waals surface area (Å²) in [5.74, 6) is -2.20. The van der Waals surface area contributed by atoms with Gasteiger partial charge in [0.25, 0.3) is 0 Å². The highest BCUT2D eigenvalue weighted by molar-refractivity contribution is 5.77. The number of hydrogen-bond acceptors (Lipinski definition) is 14. The lowest BCUT2D eigenvalue weighted by atomic mass is 9.44. The fourth-order valence-electron chi connectivity index (χ4n) is 11.0. The third-order valence-corrected chi connectivity index (χ3v) is 13.1. The van der Waals surface area contributed by atoms with Crippen LogP contribution < -0.4 is 0 Å². The molecule has 5 aliphatic rings. The molecule has 0 aromatic heterocycles. The summed E-state index contributed by atoms with van der Waals surface area (Å²) in [6.07, 6.45) is 0.327. The summed E-state index contributed by atoms with van der Waals surface area (Å²) in [6, 6.07) is 0. The molecule has 4 aliphatic carbocycles. The van der Waals surface area contributed by atoms with E-state index < -0.39 is 66.7 Å². The van der Waals surface area contributed by atoms with Crippen LogP contribution in [0, 0.1) is 40.4 Å². The van der Waals surface area contributed by atoms with Crippen molar-refractivity contribution in [3.63, 3.8) is 0 Å². The smallest absolute Gasteiger partial charge is 0.339 e. The summed E-state index contributed by atoms with van der Waals surface area (Å²) in [7, 11) is 1.13. The number of hydrogen-bond donors (Lipinski definition) is 0. The minimum Gasteiger partial charge on any atom is -0.467 e. The van der Waals surface area contributed by atoms with E-state index >= 15 is 0 Å². The fraction of sp³-hybridized carbons (Fsp3) is 0.842. The second-order valence-corrected chi connectivity index (χ2v) is 16.0. The monoisotopic (exact) mass is 736 g/mol. The summed E-state index contributed by atoms with van der Waals surface area (Å²) in [5, 5.41) is 0. The zero-order valence-corrected chi connectivity index (χ0v) is 31.7. The van der Waals surface area contributed by atoms with E-state index in [-0.39, 0.29) is 35.4 Å². The maximum Gasteiger partial charge on any atom is 0.339 e. The summed E-state index contributed by atoms with van der Waals surface area (Å²) in [5.41, 5.74) is -0.0417. The number of fused-ring (bicyclic) bond motifs is 5. The lowest BCUT2D eigenvalue weighted by Crippen LogP contribution is -2.64. The van der Waals surface area contributed by atoms with Crippen LogP contribution in [0.15, 0.2) is 0 Å². The van der Waals surface area contributed by atoms with Crippen LogP contribution in [0.4, 0.5) is 0 Å². The number of ether oxygens (including phenoxy) is 8. The molecule has 1 saturated heterocycles. The predicted molar refractivity (Wildman–Crippen MR) is 180 cm³/mol. The van der Waals surface area contributed by atoms with E-state index in [1.807, 2.05) is 0 Å². The number of carbonyl (C=O) groups excluding carboxylic acids is 6. The van der Waals surface area contributed by atoms with Gasteiger partial charge in [0.2, 0.25) is 0 Å². The third kappa shape index (κ3) is 8.12. The van der Waals surface area contributed by atoms with Gasteiger partial charge in [-0.15, -0.1) is 0 Å². The van der Waals surface area contributed by atoms with Gasteiger partial charge in [0.1, 0.15) is 12.7 Å². The molecule has 292 valence electrons. The van der Waals surface area contributed by atoms with Gasteiger partial charge >= 0.3 is 35.8 Å². The van der Waals surface area contributed by atoms with Crippen LogP contribution in [0.2, 0.25) is 0 Å². The van der Waals surface area contributed by atoms with Crippen molar-refractivity contribution in [2.45, 2.75) is 149 Å². The van der Waals surface area contributed by atoms with Crippen LogP contribution in [-0.4, -0.2) is 92.4 Å². The molecule has 0 radical (unpaired) electrons. The molecule has 5 rings (SSSR count). The molecule has 0 N–H and O–H groups in total. The first kappa shape index (κ1) is 39.9. The normalized spacial score (nSPS) is 40.0. The van der Waals surface area contributed by atoms with Gasteiger partial charge in [0.15, 0.2) is 30.7 Å². The van der Waals surface area contributed by atoms with Crippen LogP contribution in [0.1, 0.15) is 106 Å². The molecule has 1 heterocycles. The van der Waals surface area contributed by atoms with Crippen LogP contribution in [0.25, 0.3) is 0 Å².